The van der Waals surface area contributed by atoms with Crippen LogP contribution in [0.25, 0.3) is 11.1 Å². The van der Waals surface area contributed by atoms with Crippen molar-refractivity contribution in [3.8, 4) is 11.1 Å². The summed E-state index contributed by atoms with van der Waals surface area (Å²) >= 11 is 6.21. The van der Waals surface area contributed by atoms with Gasteiger partial charge in [0.15, 0.2) is 0 Å². The number of nitrogens with one attached hydrogen (secondary N) is 1. The van der Waals surface area contributed by atoms with Gasteiger partial charge in [-0.05, 0) is 101 Å². The van der Waals surface area contributed by atoms with Gasteiger partial charge in [-0.15, -0.1) is 0 Å². The van der Waals surface area contributed by atoms with Crippen molar-refractivity contribution in [1.29, 1.82) is 0 Å². The molecule has 0 spiro atoms. The predicted molar refractivity (Wildman–Crippen MR) is 132 cm³/mol. The number of rotatable bonds is 5. The van der Waals surface area contributed by atoms with Gasteiger partial charge in [0.05, 0.1) is 18.3 Å². The van der Waals surface area contributed by atoms with E-state index in [1.165, 1.54) is 18.2 Å². The highest BCUT2D eigenvalue weighted by Gasteiger charge is 2.53. The average Bonchev–Trinajstić information content (AvgIpc) is 3.18. The molecule has 0 fully saturated rings. The number of fused-ring (bicyclic) bond motifs is 1. The third-order valence-corrected chi connectivity index (χ3v) is 5.94. The highest BCUT2D eigenvalue weighted by Crippen LogP contribution is 2.47. The van der Waals surface area contributed by atoms with E-state index in [9.17, 15) is 4.79 Å². The zero-order valence-electron chi connectivity index (χ0n) is 21.2. The molecule has 0 unspecified atom stereocenters. The van der Waals surface area contributed by atoms with E-state index in [1.807, 2.05) is 72.7 Å². The summed E-state index contributed by atoms with van der Waals surface area (Å²) in [5, 5.41) is 4.10. The van der Waals surface area contributed by atoms with Gasteiger partial charge in [0.25, 0.3) is 5.79 Å². The number of esters is 1. The first-order valence-corrected chi connectivity index (χ1v) is 11.7. The number of halogens is 1. The lowest BCUT2D eigenvalue weighted by molar-refractivity contribution is -0.312. The molecule has 0 saturated carbocycles. The van der Waals surface area contributed by atoms with Crippen molar-refractivity contribution in [2.75, 3.05) is 7.11 Å². The molecule has 5 nitrogen and oxygen atoms in total. The number of benzene rings is 2. The fourth-order valence-corrected chi connectivity index (χ4v) is 4.74. The largest absolute Gasteiger partial charge is 0.465 e. The molecule has 0 radical (unpaired) electrons. The van der Waals surface area contributed by atoms with Gasteiger partial charge in [0.2, 0.25) is 0 Å². The molecule has 2 aromatic rings. The minimum Gasteiger partial charge on any atom is -0.465 e. The van der Waals surface area contributed by atoms with E-state index in [0.717, 1.165) is 35.3 Å². The van der Waals surface area contributed by atoms with E-state index in [-0.39, 0.29) is 0 Å². The van der Waals surface area contributed by atoms with Gasteiger partial charge in [0, 0.05) is 23.7 Å². The van der Waals surface area contributed by atoms with E-state index in [2.05, 4.69) is 12.2 Å². The summed E-state index contributed by atoms with van der Waals surface area (Å²) in [6, 6.07) is 7.66. The molecule has 1 heterocycles. The third-order valence-electron chi connectivity index (χ3n) is 5.69. The molecule has 0 aromatic heterocycles. The second kappa shape index (κ2) is 9.03. The van der Waals surface area contributed by atoms with E-state index in [4.69, 9.17) is 25.8 Å². The third kappa shape index (κ3) is 5.12. The first kappa shape index (κ1) is 25.7. The van der Waals surface area contributed by atoms with Crippen LogP contribution in [-0.4, -0.2) is 24.3 Å². The molecule has 180 valence electrons. The van der Waals surface area contributed by atoms with Gasteiger partial charge in [-0.25, -0.2) is 4.79 Å². The van der Waals surface area contributed by atoms with Crippen molar-refractivity contribution in [2.45, 2.75) is 85.5 Å². The SMILES string of the molecule is COC(=O)C(OC(C)(C)C)(OC(C)(C)C)c1c(C)c2c(c(C)c1-c1ccc(Cl)cc1)CNC2. The Morgan fingerprint density at radius 1 is 0.879 bits per heavy atom. The van der Waals surface area contributed by atoms with Crippen LogP contribution in [0.5, 0.6) is 0 Å². The quantitative estimate of drug-likeness (QED) is 0.415. The summed E-state index contributed by atoms with van der Waals surface area (Å²) in [5.41, 5.74) is 5.59. The summed E-state index contributed by atoms with van der Waals surface area (Å²) in [5.74, 6) is -2.36. The number of hydrogen-bond acceptors (Lipinski definition) is 5. The molecule has 0 amide bonds. The lowest BCUT2D eigenvalue weighted by Gasteiger charge is -2.43. The van der Waals surface area contributed by atoms with Gasteiger partial charge in [-0.3, -0.25) is 0 Å². The summed E-state index contributed by atoms with van der Waals surface area (Å²) in [4.78, 5) is 13.7. The van der Waals surface area contributed by atoms with Crippen molar-refractivity contribution in [3.63, 3.8) is 0 Å². The molecule has 1 N–H and O–H groups in total. The van der Waals surface area contributed by atoms with Crippen LogP contribution in [0.3, 0.4) is 0 Å². The Bertz CT molecular complexity index is 1030. The van der Waals surface area contributed by atoms with E-state index < -0.39 is 23.0 Å². The molecule has 1 aliphatic rings. The van der Waals surface area contributed by atoms with Crippen molar-refractivity contribution < 1.29 is 19.0 Å². The maximum atomic E-state index is 13.7. The lowest BCUT2D eigenvalue weighted by atomic mass is 9.81. The van der Waals surface area contributed by atoms with Crippen LogP contribution in [-0.2, 0) is 37.9 Å². The molecule has 1 aliphatic heterocycles. The first-order valence-electron chi connectivity index (χ1n) is 11.3. The van der Waals surface area contributed by atoms with Crippen LogP contribution < -0.4 is 5.32 Å². The lowest BCUT2D eigenvalue weighted by Crippen LogP contribution is -2.51. The van der Waals surface area contributed by atoms with Gasteiger partial charge < -0.3 is 19.5 Å². The van der Waals surface area contributed by atoms with Gasteiger partial charge in [0.1, 0.15) is 0 Å². The summed E-state index contributed by atoms with van der Waals surface area (Å²) in [6.45, 7) is 17.1. The molecule has 0 atom stereocenters. The topological polar surface area (TPSA) is 56.8 Å². The minimum atomic E-state index is -1.77. The van der Waals surface area contributed by atoms with Crippen molar-refractivity contribution in [1.82, 2.24) is 5.32 Å². The van der Waals surface area contributed by atoms with Crippen LogP contribution >= 0.6 is 11.6 Å². The Labute approximate surface area is 202 Å². The van der Waals surface area contributed by atoms with E-state index in [0.29, 0.717) is 10.6 Å². The van der Waals surface area contributed by atoms with E-state index in [1.54, 1.807) is 0 Å². The molecule has 33 heavy (non-hydrogen) atoms. The number of ether oxygens (including phenoxy) is 3. The zero-order chi connectivity index (χ0) is 24.8. The smallest absolute Gasteiger partial charge is 0.371 e. The standard InChI is InChI=1S/C27H36ClNO4/c1-16-20-14-29-15-21(20)17(2)23(22(16)18-10-12-19(28)13-11-18)27(24(30)31-9,32-25(3,4)5)33-26(6,7)8/h10-13,29H,14-15H2,1-9H3. The van der Waals surface area contributed by atoms with Gasteiger partial charge >= 0.3 is 5.97 Å². The summed E-state index contributed by atoms with van der Waals surface area (Å²) in [6.07, 6.45) is 0. The molecule has 6 heteroatoms. The molecule has 0 aliphatic carbocycles. The predicted octanol–water partition coefficient (Wildman–Crippen LogP) is 6.18. The maximum absolute atomic E-state index is 13.7. The fourth-order valence-electron chi connectivity index (χ4n) is 4.61. The molecule has 2 aromatic carbocycles. The normalized spacial score (nSPS) is 14.4. The Morgan fingerprint density at radius 2 is 1.36 bits per heavy atom. The fraction of sp³-hybridized carbons (Fsp3) is 0.519. The van der Waals surface area contributed by atoms with Crippen LogP contribution in [0, 0.1) is 13.8 Å². The molecule has 0 bridgehead atoms. The number of methoxy groups -OCH3 is 1. The number of hydrogen-bond donors (Lipinski definition) is 1. The van der Waals surface area contributed by atoms with E-state index >= 15 is 0 Å². The Morgan fingerprint density at radius 3 is 1.82 bits per heavy atom. The molecular weight excluding hydrogens is 438 g/mol. The Hall–Kier alpha value is -1.92. The number of carbonyl (C=O) groups is 1. The van der Waals surface area contributed by atoms with Crippen molar-refractivity contribution in [2.24, 2.45) is 0 Å². The van der Waals surface area contributed by atoms with Crippen LogP contribution in [0.15, 0.2) is 24.3 Å². The van der Waals surface area contributed by atoms with Crippen molar-refractivity contribution in [3.05, 3.63) is 57.1 Å². The second-order valence-corrected chi connectivity index (χ2v) is 11.0. The first-order chi connectivity index (χ1) is 15.2. The maximum Gasteiger partial charge on any atom is 0.371 e. The van der Waals surface area contributed by atoms with Crippen LogP contribution in [0.2, 0.25) is 5.02 Å². The molecule has 3 rings (SSSR count). The van der Waals surface area contributed by atoms with Gasteiger partial charge in [-0.1, -0.05) is 23.7 Å². The Kier molecular flexibility index (Phi) is 7.03. The van der Waals surface area contributed by atoms with Crippen molar-refractivity contribution >= 4 is 17.6 Å². The Balaban J connectivity index is 2.51. The summed E-state index contributed by atoms with van der Waals surface area (Å²) in [7, 11) is 1.37. The highest BCUT2D eigenvalue weighted by atomic mass is 35.5. The second-order valence-electron chi connectivity index (χ2n) is 10.6. The average molecular weight is 474 g/mol. The molecular formula is C27H36ClNO4. The highest BCUT2D eigenvalue weighted by molar-refractivity contribution is 6.30. The van der Waals surface area contributed by atoms with Gasteiger partial charge in [-0.2, -0.15) is 0 Å². The molecule has 0 saturated heterocycles. The number of carbonyl (C=O) groups excluding carboxylic acids is 1. The van der Waals surface area contributed by atoms with Crippen LogP contribution in [0.4, 0.5) is 0 Å². The minimum absolute atomic E-state index is 0.587. The zero-order valence-corrected chi connectivity index (χ0v) is 22.0. The summed E-state index contributed by atoms with van der Waals surface area (Å²) < 4.78 is 18.5. The monoisotopic (exact) mass is 473 g/mol. The van der Waals surface area contributed by atoms with Crippen LogP contribution in [0.1, 0.15) is 69.4 Å².